The van der Waals surface area contributed by atoms with Crippen molar-refractivity contribution < 1.29 is 28.0 Å². The highest BCUT2D eigenvalue weighted by Gasteiger charge is 2.35. The van der Waals surface area contributed by atoms with Gasteiger partial charge in [0.05, 0.1) is 16.4 Å². The summed E-state index contributed by atoms with van der Waals surface area (Å²) in [6, 6.07) is 13.1. The summed E-state index contributed by atoms with van der Waals surface area (Å²) in [6.07, 6.45) is 1.34. The molecular weight excluding hydrogens is 502 g/mol. The van der Waals surface area contributed by atoms with Gasteiger partial charge in [-0.15, -0.1) is 0 Å². The highest BCUT2D eigenvalue weighted by atomic mass is 35.5. The maximum Gasteiger partial charge on any atom is 0.293 e. The normalized spacial score (nSPS) is 14.6. The van der Waals surface area contributed by atoms with E-state index in [-0.39, 0.29) is 40.1 Å². The molecule has 178 valence electrons. The Morgan fingerprint density at radius 3 is 2.43 bits per heavy atom. The molecule has 1 aliphatic rings. The highest BCUT2D eigenvalue weighted by molar-refractivity contribution is 8.18. The summed E-state index contributed by atoms with van der Waals surface area (Å²) in [5, 5.41) is 10.8. The molecule has 11 heteroatoms. The van der Waals surface area contributed by atoms with Gasteiger partial charge in [0.15, 0.2) is 0 Å². The summed E-state index contributed by atoms with van der Waals surface area (Å²) >= 11 is 6.68. The second kappa shape index (κ2) is 10.2. The zero-order valence-corrected chi connectivity index (χ0v) is 19.3. The number of non-ortho nitro benzene ring substituents is 1. The van der Waals surface area contributed by atoms with E-state index in [0.29, 0.717) is 22.9 Å². The number of hydrogen-bond donors (Lipinski definition) is 0. The number of thioether (sulfide) groups is 1. The predicted octanol–water partition coefficient (Wildman–Crippen LogP) is 6.34. The van der Waals surface area contributed by atoms with E-state index in [1.165, 1.54) is 60.7 Å². The van der Waals surface area contributed by atoms with Crippen molar-refractivity contribution in [2.75, 3.05) is 0 Å². The lowest BCUT2D eigenvalue weighted by atomic mass is 10.1. The van der Waals surface area contributed by atoms with Crippen LogP contribution in [0.2, 0.25) is 5.02 Å². The van der Waals surface area contributed by atoms with Crippen molar-refractivity contribution >= 4 is 46.3 Å². The Morgan fingerprint density at radius 1 is 1.03 bits per heavy atom. The van der Waals surface area contributed by atoms with Crippen molar-refractivity contribution in [1.29, 1.82) is 0 Å². The van der Waals surface area contributed by atoms with Crippen LogP contribution >= 0.6 is 23.4 Å². The van der Waals surface area contributed by atoms with Crippen LogP contribution in [-0.2, 0) is 17.9 Å². The number of nitro groups is 1. The zero-order chi connectivity index (χ0) is 25.1. The van der Waals surface area contributed by atoms with Crippen LogP contribution in [0.15, 0.2) is 65.6 Å². The van der Waals surface area contributed by atoms with Crippen LogP contribution in [0.25, 0.3) is 6.08 Å². The Balaban J connectivity index is 1.60. The topological polar surface area (TPSA) is 89.7 Å². The molecule has 0 aromatic heterocycles. The summed E-state index contributed by atoms with van der Waals surface area (Å²) in [5.74, 6) is -1.35. The van der Waals surface area contributed by atoms with Crippen LogP contribution in [0.1, 0.15) is 16.7 Å². The molecule has 1 aliphatic heterocycles. The van der Waals surface area contributed by atoms with Gasteiger partial charge in [-0.2, -0.15) is 0 Å². The molecule has 0 saturated carbocycles. The molecule has 0 atom stereocenters. The van der Waals surface area contributed by atoms with Crippen molar-refractivity contribution in [3.05, 3.63) is 109 Å². The zero-order valence-electron chi connectivity index (χ0n) is 17.7. The first-order chi connectivity index (χ1) is 16.7. The van der Waals surface area contributed by atoms with Gasteiger partial charge in [-0.3, -0.25) is 24.6 Å². The van der Waals surface area contributed by atoms with Crippen molar-refractivity contribution in [1.82, 2.24) is 4.90 Å². The summed E-state index contributed by atoms with van der Waals surface area (Å²) in [4.78, 5) is 37.1. The maximum absolute atomic E-state index is 13.3. The van der Waals surface area contributed by atoms with E-state index in [1.807, 2.05) is 0 Å². The summed E-state index contributed by atoms with van der Waals surface area (Å²) < 4.78 is 32.2. The van der Waals surface area contributed by atoms with E-state index >= 15 is 0 Å². The third-order valence-corrected chi connectivity index (χ3v) is 6.27. The average Bonchev–Trinajstić information content (AvgIpc) is 3.08. The Labute approximate surface area is 207 Å². The fourth-order valence-corrected chi connectivity index (χ4v) is 4.29. The number of nitrogens with zero attached hydrogens (tertiary/aromatic N) is 2. The second-order valence-corrected chi connectivity index (χ2v) is 8.80. The smallest absolute Gasteiger partial charge is 0.293 e. The number of imide groups is 1. The van der Waals surface area contributed by atoms with Crippen molar-refractivity contribution in [3.63, 3.8) is 0 Å². The molecule has 1 heterocycles. The van der Waals surface area contributed by atoms with E-state index in [1.54, 1.807) is 0 Å². The second-order valence-electron chi connectivity index (χ2n) is 7.40. The first-order valence-corrected chi connectivity index (χ1v) is 11.3. The number of benzene rings is 3. The molecule has 3 aromatic carbocycles. The van der Waals surface area contributed by atoms with Gasteiger partial charge in [0.2, 0.25) is 0 Å². The predicted molar refractivity (Wildman–Crippen MR) is 127 cm³/mol. The largest absolute Gasteiger partial charge is 0.488 e. The fraction of sp³-hybridized carbons (Fsp3) is 0.0833. The monoisotopic (exact) mass is 516 g/mol. The van der Waals surface area contributed by atoms with Gasteiger partial charge in [-0.1, -0.05) is 29.8 Å². The number of carbonyl (C=O) groups is 2. The van der Waals surface area contributed by atoms with E-state index in [9.17, 15) is 28.5 Å². The third kappa shape index (κ3) is 5.67. The molecular formula is C24H15ClF2N2O5S. The summed E-state index contributed by atoms with van der Waals surface area (Å²) in [7, 11) is 0. The molecule has 35 heavy (non-hydrogen) atoms. The maximum atomic E-state index is 13.3. The molecule has 0 N–H and O–H groups in total. The first kappa shape index (κ1) is 24.4. The number of hydrogen-bond acceptors (Lipinski definition) is 6. The van der Waals surface area contributed by atoms with Gasteiger partial charge in [0.1, 0.15) is 24.0 Å². The molecule has 1 fully saturated rings. The Kier molecular flexibility index (Phi) is 7.13. The minimum atomic E-state index is -0.628. The lowest BCUT2D eigenvalue weighted by Gasteiger charge is -2.13. The minimum absolute atomic E-state index is 0.0281. The lowest BCUT2D eigenvalue weighted by Crippen LogP contribution is -2.27. The number of rotatable bonds is 7. The number of nitro benzene ring substituents is 1. The standard InChI is InChI=1S/C24H15ClF2N2O5S/c25-20-11-18(27)6-3-15(20)12-28-23(30)22(35-24(28)31)10-16-9-19(29(32)33)7-8-21(16)34-13-14-1-4-17(26)5-2-14/h1-11H,12-13H2/b22-10-. The molecule has 4 rings (SSSR count). The molecule has 0 bridgehead atoms. The number of carbonyl (C=O) groups excluding carboxylic acids is 2. The SMILES string of the molecule is O=C1S/C(=C\c2cc([N+](=O)[O-])ccc2OCc2ccc(F)cc2)C(=O)N1Cc1ccc(F)cc1Cl. The Bertz CT molecular complexity index is 1360. The van der Waals surface area contributed by atoms with Crippen LogP contribution in [-0.4, -0.2) is 21.0 Å². The van der Waals surface area contributed by atoms with Gasteiger partial charge in [0.25, 0.3) is 16.8 Å². The van der Waals surface area contributed by atoms with Gasteiger partial charge >= 0.3 is 0 Å². The first-order valence-electron chi connectivity index (χ1n) is 10.1. The Hall–Kier alpha value is -3.76. The van der Waals surface area contributed by atoms with Crippen LogP contribution in [0.5, 0.6) is 5.75 Å². The minimum Gasteiger partial charge on any atom is -0.488 e. The van der Waals surface area contributed by atoms with Crippen molar-refractivity contribution in [3.8, 4) is 5.75 Å². The van der Waals surface area contributed by atoms with Crippen LogP contribution in [0.3, 0.4) is 0 Å². The molecule has 2 amide bonds. The van der Waals surface area contributed by atoms with E-state index in [4.69, 9.17) is 16.3 Å². The average molecular weight is 517 g/mol. The quantitative estimate of drug-likeness (QED) is 0.207. The van der Waals surface area contributed by atoms with E-state index < -0.39 is 27.7 Å². The van der Waals surface area contributed by atoms with Gasteiger partial charge in [-0.25, -0.2) is 8.78 Å². The van der Waals surface area contributed by atoms with Crippen LogP contribution in [0, 0.1) is 21.7 Å². The van der Waals surface area contributed by atoms with Gasteiger partial charge in [0, 0.05) is 22.7 Å². The summed E-state index contributed by atoms with van der Waals surface area (Å²) in [5.41, 5.74) is 1.02. The number of amides is 2. The lowest BCUT2D eigenvalue weighted by molar-refractivity contribution is -0.384. The van der Waals surface area contributed by atoms with Crippen LogP contribution < -0.4 is 4.74 Å². The molecule has 3 aromatic rings. The molecule has 0 spiro atoms. The molecule has 1 saturated heterocycles. The Morgan fingerprint density at radius 2 is 1.74 bits per heavy atom. The number of halogens is 3. The van der Waals surface area contributed by atoms with Crippen molar-refractivity contribution in [2.24, 2.45) is 0 Å². The van der Waals surface area contributed by atoms with E-state index in [0.717, 1.165) is 11.0 Å². The number of ether oxygens (including phenoxy) is 1. The van der Waals surface area contributed by atoms with E-state index in [2.05, 4.69) is 0 Å². The third-order valence-electron chi connectivity index (χ3n) is 5.02. The fourth-order valence-electron chi connectivity index (χ4n) is 3.23. The molecule has 0 unspecified atom stereocenters. The molecule has 0 aliphatic carbocycles. The van der Waals surface area contributed by atoms with Gasteiger partial charge in [-0.05, 0) is 59.3 Å². The molecule has 0 radical (unpaired) electrons. The van der Waals surface area contributed by atoms with Crippen LogP contribution in [0.4, 0.5) is 19.3 Å². The highest BCUT2D eigenvalue weighted by Crippen LogP contribution is 2.36. The molecule has 7 nitrogen and oxygen atoms in total. The van der Waals surface area contributed by atoms with Crippen molar-refractivity contribution in [2.45, 2.75) is 13.2 Å². The van der Waals surface area contributed by atoms with Gasteiger partial charge < -0.3 is 4.74 Å². The summed E-state index contributed by atoms with van der Waals surface area (Å²) in [6.45, 7) is -0.118.